The summed E-state index contributed by atoms with van der Waals surface area (Å²) in [5.74, 6) is 1.40. The summed E-state index contributed by atoms with van der Waals surface area (Å²) in [5, 5.41) is 5.84. The van der Waals surface area contributed by atoms with Gasteiger partial charge in [0.1, 0.15) is 11.9 Å². The van der Waals surface area contributed by atoms with Crippen LogP contribution in [0.1, 0.15) is 25.3 Å². The Balaban J connectivity index is 1.37. The fourth-order valence-electron chi connectivity index (χ4n) is 3.31. The Bertz CT molecular complexity index is 572. The summed E-state index contributed by atoms with van der Waals surface area (Å²) in [7, 11) is 0. The molecule has 0 radical (unpaired) electrons. The number of benzene rings is 1. The zero-order chi connectivity index (χ0) is 16.9. The van der Waals surface area contributed by atoms with Crippen molar-refractivity contribution in [1.29, 1.82) is 0 Å². The normalized spacial score (nSPS) is 20.2. The molecule has 2 heterocycles. The Kier molecular flexibility index (Phi) is 5.23. The standard InChI is InChI=1S/C18H25N3O3/c1-13(22)19-11-14-6-8-21(9-7-14)18(23)20-12-16-10-15-4-2-3-5-17(15)24-16/h2-5,14,16H,6-12H2,1H3,(H,19,22)(H,20,23)/t16-/m0/s1. The molecule has 0 aromatic heterocycles. The predicted octanol–water partition coefficient (Wildman–Crippen LogP) is 1.55. The van der Waals surface area contributed by atoms with Crippen LogP contribution in [0.4, 0.5) is 4.79 Å². The molecule has 6 heteroatoms. The van der Waals surface area contributed by atoms with Crippen molar-refractivity contribution in [3.05, 3.63) is 29.8 Å². The molecule has 2 aliphatic heterocycles. The number of hydrogen-bond donors (Lipinski definition) is 2. The number of carbonyl (C=O) groups excluding carboxylic acids is 2. The molecule has 0 saturated carbocycles. The van der Waals surface area contributed by atoms with E-state index in [1.54, 1.807) is 0 Å². The number of amides is 3. The number of piperidine rings is 1. The van der Waals surface area contributed by atoms with Gasteiger partial charge in [0.25, 0.3) is 0 Å². The zero-order valence-electron chi connectivity index (χ0n) is 14.1. The lowest BCUT2D eigenvalue weighted by atomic mass is 9.97. The Morgan fingerprint density at radius 3 is 2.62 bits per heavy atom. The molecule has 1 atom stereocenters. The number of likely N-dealkylation sites (tertiary alicyclic amines) is 1. The van der Waals surface area contributed by atoms with Crippen LogP contribution in [0.3, 0.4) is 0 Å². The lowest BCUT2D eigenvalue weighted by Gasteiger charge is -2.32. The highest BCUT2D eigenvalue weighted by Crippen LogP contribution is 2.27. The minimum absolute atomic E-state index is 0.00716. The first-order valence-corrected chi connectivity index (χ1v) is 8.63. The van der Waals surface area contributed by atoms with Crippen molar-refractivity contribution in [1.82, 2.24) is 15.5 Å². The molecule has 1 saturated heterocycles. The van der Waals surface area contributed by atoms with Crippen molar-refractivity contribution in [2.45, 2.75) is 32.3 Å². The van der Waals surface area contributed by atoms with Gasteiger partial charge in [-0.2, -0.15) is 0 Å². The van der Waals surface area contributed by atoms with Gasteiger partial charge < -0.3 is 20.3 Å². The lowest BCUT2D eigenvalue weighted by molar-refractivity contribution is -0.119. The maximum atomic E-state index is 12.3. The van der Waals surface area contributed by atoms with Gasteiger partial charge in [0.15, 0.2) is 0 Å². The second-order valence-corrected chi connectivity index (χ2v) is 6.61. The molecule has 3 amide bonds. The van der Waals surface area contributed by atoms with E-state index in [9.17, 15) is 9.59 Å². The van der Waals surface area contributed by atoms with Crippen LogP contribution in [0.15, 0.2) is 24.3 Å². The van der Waals surface area contributed by atoms with Crippen molar-refractivity contribution in [3.8, 4) is 5.75 Å². The average molecular weight is 331 g/mol. The molecule has 24 heavy (non-hydrogen) atoms. The molecule has 2 N–H and O–H groups in total. The molecule has 0 spiro atoms. The van der Waals surface area contributed by atoms with Gasteiger partial charge in [0.2, 0.25) is 5.91 Å². The fraction of sp³-hybridized carbons (Fsp3) is 0.556. The molecule has 1 aromatic rings. The first-order valence-electron chi connectivity index (χ1n) is 8.63. The minimum Gasteiger partial charge on any atom is -0.488 e. The number of para-hydroxylation sites is 1. The molecular formula is C18H25N3O3. The second-order valence-electron chi connectivity index (χ2n) is 6.61. The zero-order valence-corrected chi connectivity index (χ0v) is 14.1. The number of nitrogens with one attached hydrogen (secondary N) is 2. The molecular weight excluding hydrogens is 306 g/mol. The molecule has 1 fully saturated rings. The first-order chi connectivity index (χ1) is 11.6. The highest BCUT2D eigenvalue weighted by molar-refractivity contribution is 5.74. The van der Waals surface area contributed by atoms with Crippen LogP contribution in [0.25, 0.3) is 0 Å². The van der Waals surface area contributed by atoms with Crippen molar-refractivity contribution in [2.24, 2.45) is 5.92 Å². The van der Waals surface area contributed by atoms with Gasteiger partial charge in [-0.25, -0.2) is 4.79 Å². The number of carbonyl (C=O) groups is 2. The predicted molar refractivity (Wildman–Crippen MR) is 90.9 cm³/mol. The number of hydrogen-bond acceptors (Lipinski definition) is 3. The topological polar surface area (TPSA) is 70.7 Å². The van der Waals surface area contributed by atoms with Gasteiger partial charge in [-0.3, -0.25) is 4.79 Å². The molecule has 6 nitrogen and oxygen atoms in total. The fourth-order valence-corrected chi connectivity index (χ4v) is 3.31. The van der Waals surface area contributed by atoms with Crippen LogP contribution in [0, 0.1) is 5.92 Å². The maximum Gasteiger partial charge on any atom is 0.317 e. The lowest BCUT2D eigenvalue weighted by Crippen LogP contribution is -2.47. The number of ether oxygens (including phenoxy) is 1. The van der Waals surface area contributed by atoms with E-state index in [0.717, 1.165) is 38.1 Å². The van der Waals surface area contributed by atoms with E-state index in [2.05, 4.69) is 16.7 Å². The van der Waals surface area contributed by atoms with Crippen molar-refractivity contribution in [2.75, 3.05) is 26.2 Å². The van der Waals surface area contributed by atoms with Gasteiger partial charge in [-0.05, 0) is 30.4 Å². The highest BCUT2D eigenvalue weighted by atomic mass is 16.5. The third-order valence-corrected chi connectivity index (χ3v) is 4.74. The third kappa shape index (κ3) is 4.19. The van der Waals surface area contributed by atoms with E-state index in [1.165, 1.54) is 12.5 Å². The van der Waals surface area contributed by atoms with Crippen LogP contribution >= 0.6 is 0 Å². The SMILES string of the molecule is CC(=O)NCC1CCN(C(=O)NC[C@@H]2Cc3ccccc3O2)CC1. The smallest absolute Gasteiger partial charge is 0.317 e. The van der Waals surface area contributed by atoms with E-state index in [0.29, 0.717) is 19.0 Å². The van der Waals surface area contributed by atoms with Crippen LogP contribution in [-0.2, 0) is 11.2 Å². The Morgan fingerprint density at radius 1 is 1.17 bits per heavy atom. The maximum absolute atomic E-state index is 12.3. The molecule has 130 valence electrons. The van der Waals surface area contributed by atoms with E-state index >= 15 is 0 Å². The summed E-state index contributed by atoms with van der Waals surface area (Å²) in [5.41, 5.74) is 1.20. The van der Waals surface area contributed by atoms with Gasteiger partial charge >= 0.3 is 6.03 Å². The summed E-state index contributed by atoms with van der Waals surface area (Å²) in [4.78, 5) is 25.1. The van der Waals surface area contributed by atoms with Crippen molar-refractivity contribution < 1.29 is 14.3 Å². The monoisotopic (exact) mass is 331 g/mol. The van der Waals surface area contributed by atoms with Gasteiger partial charge in [0, 0.05) is 33.0 Å². The highest BCUT2D eigenvalue weighted by Gasteiger charge is 2.26. The van der Waals surface area contributed by atoms with E-state index in [1.807, 2.05) is 23.1 Å². The number of rotatable bonds is 4. The largest absolute Gasteiger partial charge is 0.488 e. The van der Waals surface area contributed by atoms with Gasteiger partial charge in [-0.1, -0.05) is 18.2 Å². The van der Waals surface area contributed by atoms with E-state index in [4.69, 9.17) is 4.74 Å². The first kappa shape index (κ1) is 16.6. The van der Waals surface area contributed by atoms with Crippen LogP contribution in [0.5, 0.6) is 5.75 Å². The third-order valence-electron chi connectivity index (χ3n) is 4.74. The Hall–Kier alpha value is -2.24. The summed E-state index contributed by atoms with van der Waals surface area (Å²) in [6.07, 6.45) is 2.72. The average Bonchev–Trinajstić information content (AvgIpc) is 3.01. The molecule has 0 bridgehead atoms. The van der Waals surface area contributed by atoms with E-state index < -0.39 is 0 Å². The number of urea groups is 1. The molecule has 0 aliphatic carbocycles. The number of nitrogens with zero attached hydrogens (tertiary/aromatic N) is 1. The summed E-state index contributed by atoms with van der Waals surface area (Å²) in [6.45, 7) is 4.24. The quantitative estimate of drug-likeness (QED) is 0.879. The summed E-state index contributed by atoms with van der Waals surface area (Å²) < 4.78 is 5.84. The van der Waals surface area contributed by atoms with Crippen molar-refractivity contribution >= 4 is 11.9 Å². The molecule has 3 rings (SSSR count). The second kappa shape index (κ2) is 7.55. The molecule has 2 aliphatic rings. The summed E-state index contributed by atoms with van der Waals surface area (Å²) in [6, 6.07) is 7.99. The number of fused-ring (bicyclic) bond motifs is 1. The van der Waals surface area contributed by atoms with Gasteiger partial charge in [0.05, 0.1) is 6.54 Å². The molecule has 0 unspecified atom stereocenters. The van der Waals surface area contributed by atoms with Gasteiger partial charge in [-0.15, -0.1) is 0 Å². The van der Waals surface area contributed by atoms with Crippen LogP contribution < -0.4 is 15.4 Å². The Morgan fingerprint density at radius 2 is 1.92 bits per heavy atom. The van der Waals surface area contributed by atoms with Crippen LogP contribution in [-0.4, -0.2) is 49.1 Å². The van der Waals surface area contributed by atoms with E-state index in [-0.39, 0.29) is 18.0 Å². The molecule has 1 aromatic carbocycles. The summed E-state index contributed by atoms with van der Waals surface area (Å²) >= 11 is 0. The minimum atomic E-state index is -0.0208. The Labute approximate surface area is 142 Å². The van der Waals surface area contributed by atoms with Crippen LogP contribution in [0.2, 0.25) is 0 Å². The van der Waals surface area contributed by atoms with Crippen molar-refractivity contribution in [3.63, 3.8) is 0 Å².